The van der Waals surface area contributed by atoms with E-state index in [1.54, 1.807) is 5.56 Å². The molecule has 1 aliphatic heterocycles. The minimum absolute atomic E-state index is 0. The summed E-state index contributed by atoms with van der Waals surface area (Å²) in [6, 6.07) is 10.2. The number of hydrogen-bond donors (Lipinski definition) is 0. The van der Waals surface area contributed by atoms with E-state index in [1.165, 1.54) is 74.1 Å². The molecule has 3 aliphatic rings. The van der Waals surface area contributed by atoms with Crippen LogP contribution in [0.15, 0.2) is 18.2 Å². The Hall–Kier alpha value is -0.921. The minimum Gasteiger partial charge on any atom is -0.362 e. The van der Waals surface area contributed by atoms with Gasteiger partial charge in [-0.15, -0.1) is 35.4 Å². The van der Waals surface area contributed by atoms with Gasteiger partial charge in [0, 0.05) is 37.0 Å². The maximum absolute atomic E-state index is 5.00. The van der Waals surface area contributed by atoms with Crippen LogP contribution >= 0.6 is 0 Å². The van der Waals surface area contributed by atoms with Crippen LogP contribution < -0.4 is 0 Å². The number of fused-ring (bicyclic) bond motifs is 3. The van der Waals surface area contributed by atoms with Gasteiger partial charge in [0.15, 0.2) is 0 Å². The van der Waals surface area contributed by atoms with Crippen molar-refractivity contribution >= 4 is 0 Å². The Bertz CT molecular complexity index is 777. The summed E-state index contributed by atoms with van der Waals surface area (Å²) in [5.74, 6) is 1.19. The van der Waals surface area contributed by atoms with E-state index >= 15 is 0 Å². The molecular weight excluding hydrogens is 472 g/mol. The van der Waals surface area contributed by atoms with Gasteiger partial charge < -0.3 is 4.57 Å². The van der Waals surface area contributed by atoms with Crippen LogP contribution in [0.5, 0.6) is 0 Å². The molecule has 2 nitrogen and oxygen atoms in total. The Labute approximate surface area is 158 Å². The van der Waals surface area contributed by atoms with E-state index in [2.05, 4.69) is 42.7 Å². The second-order valence-corrected chi connectivity index (χ2v) is 7.93. The first-order valence-electron chi connectivity index (χ1n) is 9.28. The fourth-order valence-corrected chi connectivity index (χ4v) is 6.16. The number of aromatic nitrogens is 2. The monoisotopic (exact) mass is 498 g/mol. The zero-order chi connectivity index (χ0) is 15.7. The molecule has 2 fully saturated rings. The van der Waals surface area contributed by atoms with Gasteiger partial charge in [0.25, 0.3) is 0 Å². The van der Waals surface area contributed by atoms with Gasteiger partial charge in [-0.1, -0.05) is 25.7 Å². The Morgan fingerprint density at radius 2 is 1.71 bits per heavy atom. The first kappa shape index (κ1) is 16.5. The van der Waals surface area contributed by atoms with Crippen LogP contribution in [0, 0.1) is 19.9 Å². The summed E-state index contributed by atoms with van der Waals surface area (Å²) in [4.78, 5) is 5.00. The molecule has 0 N–H and O–H groups in total. The van der Waals surface area contributed by atoms with Gasteiger partial charge in [-0.05, 0) is 44.9 Å². The zero-order valence-corrected chi connectivity index (χ0v) is 17.0. The maximum atomic E-state index is 5.00. The minimum atomic E-state index is 0. The molecule has 2 aliphatic carbocycles. The fraction of sp³-hybridized carbons (Fsp3) is 0.571. The molecule has 0 amide bonds. The predicted molar refractivity (Wildman–Crippen MR) is 92.6 cm³/mol. The summed E-state index contributed by atoms with van der Waals surface area (Å²) < 4.78 is 2.67. The van der Waals surface area contributed by atoms with Crippen LogP contribution in [0.4, 0.5) is 0 Å². The largest absolute Gasteiger partial charge is 0.362 e. The molecule has 0 spiro atoms. The summed E-state index contributed by atoms with van der Waals surface area (Å²) in [5.41, 5.74) is 6.01. The van der Waals surface area contributed by atoms with E-state index in [1.807, 2.05) is 0 Å². The standard InChI is InChI=1S/C21H25N2.Ir/c1-15-16(2)23-19(22-15)17-9-3-4-10-18(17)20-11-5-7-13-21(20,23)14-8-6-12-20;/h3-4,10H,5-8,11-14H2,1-2H3;/q-1;. The van der Waals surface area contributed by atoms with Gasteiger partial charge in [-0.25, -0.2) is 0 Å². The molecule has 129 valence electrons. The van der Waals surface area contributed by atoms with Gasteiger partial charge in [0.2, 0.25) is 0 Å². The van der Waals surface area contributed by atoms with Crippen molar-refractivity contribution in [3.05, 3.63) is 41.2 Å². The van der Waals surface area contributed by atoms with E-state index in [-0.39, 0.29) is 25.6 Å². The van der Waals surface area contributed by atoms with Crippen molar-refractivity contribution in [3.8, 4) is 11.4 Å². The predicted octanol–water partition coefficient (Wildman–Crippen LogP) is 5.06. The molecule has 3 heteroatoms. The molecule has 24 heavy (non-hydrogen) atoms. The van der Waals surface area contributed by atoms with Gasteiger partial charge >= 0.3 is 0 Å². The van der Waals surface area contributed by atoms with Gasteiger partial charge in [0.05, 0.1) is 5.82 Å². The van der Waals surface area contributed by atoms with Gasteiger partial charge in [-0.2, -0.15) is 0 Å². The van der Waals surface area contributed by atoms with Crippen molar-refractivity contribution in [1.29, 1.82) is 0 Å². The molecule has 1 aromatic heterocycles. The van der Waals surface area contributed by atoms with Crippen LogP contribution in [-0.4, -0.2) is 9.55 Å². The first-order valence-corrected chi connectivity index (χ1v) is 9.28. The van der Waals surface area contributed by atoms with Gasteiger partial charge in [0.1, 0.15) is 0 Å². The molecule has 2 saturated carbocycles. The third-order valence-corrected chi connectivity index (χ3v) is 7.15. The van der Waals surface area contributed by atoms with Crippen molar-refractivity contribution in [3.63, 3.8) is 0 Å². The van der Waals surface area contributed by atoms with Crippen molar-refractivity contribution in [2.24, 2.45) is 0 Å². The SMILES string of the molecule is Cc1nc2n(c1C)C13CCCCC1(CCCC3)c1ccc[c-]c1-2.[Ir]. The van der Waals surface area contributed by atoms with Crippen LogP contribution in [0.2, 0.25) is 0 Å². The quantitative estimate of drug-likeness (QED) is 0.466. The average Bonchev–Trinajstić information content (AvgIpc) is 2.90. The Kier molecular flexibility index (Phi) is 3.82. The summed E-state index contributed by atoms with van der Waals surface area (Å²) in [6.07, 6.45) is 10.8. The van der Waals surface area contributed by atoms with Crippen molar-refractivity contribution < 1.29 is 20.1 Å². The summed E-state index contributed by atoms with van der Waals surface area (Å²) in [5, 5.41) is 0. The molecule has 5 rings (SSSR count). The molecule has 1 aromatic carbocycles. The molecule has 0 unspecified atom stereocenters. The van der Waals surface area contributed by atoms with E-state index in [4.69, 9.17) is 4.98 Å². The van der Waals surface area contributed by atoms with Crippen LogP contribution in [0.3, 0.4) is 0 Å². The summed E-state index contributed by atoms with van der Waals surface area (Å²) >= 11 is 0. The number of rotatable bonds is 0. The van der Waals surface area contributed by atoms with E-state index in [9.17, 15) is 0 Å². The van der Waals surface area contributed by atoms with Crippen LogP contribution in [0.25, 0.3) is 11.4 Å². The normalized spacial score (nSPS) is 30.4. The second kappa shape index (κ2) is 5.54. The molecule has 0 atom stereocenters. The smallest absolute Gasteiger partial charge is 0.0570 e. The zero-order valence-electron chi connectivity index (χ0n) is 14.6. The van der Waals surface area contributed by atoms with Crippen molar-refractivity contribution in [2.75, 3.05) is 0 Å². The third-order valence-electron chi connectivity index (χ3n) is 7.15. The number of hydrogen-bond acceptors (Lipinski definition) is 1. The maximum Gasteiger partial charge on any atom is 0.0570 e. The van der Waals surface area contributed by atoms with Crippen LogP contribution in [-0.2, 0) is 31.1 Å². The van der Waals surface area contributed by atoms with E-state index in [0.29, 0.717) is 5.41 Å². The third kappa shape index (κ3) is 1.78. The van der Waals surface area contributed by atoms with Crippen molar-refractivity contribution in [2.45, 2.75) is 76.2 Å². The number of aryl methyl sites for hydroxylation is 1. The van der Waals surface area contributed by atoms with E-state index in [0.717, 1.165) is 0 Å². The Morgan fingerprint density at radius 1 is 1.04 bits per heavy atom. The van der Waals surface area contributed by atoms with Crippen molar-refractivity contribution in [1.82, 2.24) is 9.55 Å². The fourth-order valence-electron chi connectivity index (χ4n) is 6.16. The number of nitrogens with zero attached hydrogens (tertiary/aromatic N) is 2. The van der Waals surface area contributed by atoms with Crippen LogP contribution in [0.1, 0.15) is 68.3 Å². The molecule has 0 saturated heterocycles. The molecule has 1 radical (unpaired) electrons. The second-order valence-electron chi connectivity index (χ2n) is 7.93. The Balaban J connectivity index is 0.00000146. The first-order chi connectivity index (χ1) is 11.2. The molecule has 0 bridgehead atoms. The van der Waals surface area contributed by atoms with E-state index < -0.39 is 0 Å². The van der Waals surface area contributed by atoms with Gasteiger partial charge in [-0.3, -0.25) is 4.98 Å². The molecular formula is C21H25IrN2-. The number of imidazole rings is 1. The number of benzene rings is 1. The average molecular weight is 498 g/mol. The topological polar surface area (TPSA) is 17.8 Å². The Morgan fingerprint density at radius 3 is 2.42 bits per heavy atom. The molecule has 2 heterocycles. The summed E-state index contributed by atoms with van der Waals surface area (Å²) in [6.45, 7) is 4.45. The molecule has 2 aromatic rings. The summed E-state index contributed by atoms with van der Waals surface area (Å²) in [7, 11) is 0.